The van der Waals surface area contributed by atoms with E-state index in [2.05, 4.69) is 69.4 Å². The second-order valence-corrected chi connectivity index (χ2v) is 14.4. The Labute approximate surface area is 98.5 Å². The van der Waals surface area contributed by atoms with Gasteiger partial charge >= 0.3 is 98.5 Å². The van der Waals surface area contributed by atoms with E-state index in [1.807, 2.05) is 0 Å². The van der Waals surface area contributed by atoms with Gasteiger partial charge in [0.15, 0.2) is 0 Å². The Balaban J connectivity index is 2.32. The van der Waals surface area contributed by atoms with Crippen LogP contribution in [0.15, 0.2) is 48.6 Å². The summed E-state index contributed by atoms with van der Waals surface area (Å²) in [5.74, 6) is 0. The molecular formula is C14H19Ga. The van der Waals surface area contributed by atoms with Crippen molar-refractivity contribution >= 4 is 16.2 Å². The van der Waals surface area contributed by atoms with Crippen molar-refractivity contribution in [3.05, 3.63) is 48.6 Å². The van der Waals surface area contributed by atoms with Crippen LogP contribution in [-0.4, -0.2) is 16.2 Å². The Bertz CT molecular complexity index is 300. The van der Waals surface area contributed by atoms with E-state index in [9.17, 15) is 0 Å². The summed E-state index contributed by atoms with van der Waals surface area (Å²) in [5.41, 5.74) is 0. The van der Waals surface area contributed by atoms with Crippen molar-refractivity contribution in [3.63, 3.8) is 0 Å². The van der Waals surface area contributed by atoms with Gasteiger partial charge in [-0.15, -0.1) is 0 Å². The monoisotopic (exact) mass is 256 g/mol. The van der Waals surface area contributed by atoms with Gasteiger partial charge in [-0.1, -0.05) is 0 Å². The van der Waals surface area contributed by atoms with Crippen molar-refractivity contribution in [1.29, 1.82) is 0 Å². The average molecular weight is 257 g/mol. The molecule has 0 aromatic rings. The van der Waals surface area contributed by atoms with Crippen LogP contribution in [0.5, 0.6) is 0 Å². The number of hydrogen-bond acceptors (Lipinski definition) is 0. The first-order valence-corrected chi connectivity index (χ1v) is 9.98. The Morgan fingerprint density at radius 3 is 1.40 bits per heavy atom. The Hall–Kier alpha value is -0.404. The van der Waals surface area contributed by atoms with Crippen LogP contribution in [0.1, 0.15) is 20.8 Å². The maximum atomic E-state index is 2.42. The van der Waals surface area contributed by atoms with Crippen LogP contribution < -0.4 is 0 Å². The summed E-state index contributed by atoms with van der Waals surface area (Å²) in [4.78, 5) is 1.39. The first-order chi connectivity index (χ1) is 7.11. The number of allylic oxidation sites excluding steroid dienone is 8. The van der Waals surface area contributed by atoms with E-state index < -0.39 is 16.2 Å². The molecule has 1 heteroatoms. The molecule has 0 unspecified atom stereocenters. The molecule has 0 amide bonds. The molecule has 2 aliphatic carbocycles. The van der Waals surface area contributed by atoms with Gasteiger partial charge in [-0.3, -0.25) is 0 Å². The van der Waals surface area contributed by atoms with Crippen LogP contribution in [0.3, 0.4) is 0 Å². The molecule has 78 valence electrons. The Morgan fingerprint density at radius 1 is 0.800 bits per heavy atom. The summed E-state index contributed by atoms with van der Waals surface area (Å²) < 4.78 is 0.824. The van der Waals surface area contributed by atoms with E-state index >= 15 is 0 Å². The quantitative estimate of drug-likeness (QED) is 0.662. The molecule has 2 rings (SSSR count). The zero-order valence-corrected chi connectivity index (χ0v) is 12.3. The van der Waals surface area contributed by atoms with E-state index in [-0.39, 0.29) is 0 Å². The van der Waals surface area contributed by atoms with Gasteiger partial charge in [-0.2, -0.15) is 0 Å². The predicted molar refractivity (Wildman–Crippen MR) is 69.5 cm³/mol. The molecule has 0 atom stereocenters. The third-order valence-electron chi connectivity index (χ3n) is 3.95. The second-order valence-electron chi connectivity index (χ2n) is 5.13. The van der Waals surface area contributed by atoms with Gasteiger partial charge in [0.05, 0.1) is 0 Å². The first kappa shape index (κ1) is 11.1. The van der Waals surface area contributed by atoms with E-state index in [1.165, 1.54) is 4.98 Å². The SMILES string of the molecule is C[CH2][Ga]([C]1(C)C=CC=C1)[C]1(C)C=CC=C1. The van der Waals surface area contributed by atoms with Gasteiger partial charge in [-0.25, -0.2) is 0 Å². The standard InChI is InChI=1S/2C6H7.C2H5.Ga/c2*1-6-4-2-3-5-6;1-2;/h2*2-5H,1H3;1H2,2H3;. The van der Waals surface area contributed by atoms with E-state index in [0.717, 1.165) is 0 Å². The Morgan fingerprint density at radius 2 is 1.13 bits per heavy atom. The molecule has 0 radical (unpaired) electrons. The van der Waals surface area contributed by atoms with E-state index in [1.54, 1.807) is 0 Å². The van der Waals surface area contributed by atoms with Crippen LogP contribution in [-0.2, 0) is 0 Å². The fourth-order valence-electron chi connectivity index (χ4n) is 3.18. The summed E-state index contributed by atoms with van der Waals surface area (Å²) in [7, 11) is 0. The number of hydrogen-bond donors (Lipinski definition) is 0. The van der Waals surface area contributed by atoms with Crippen molar-refractivity contribution in [1.82, 2.24) is 0 Å². The van der Waals surface area contributed by atoms with Crippen LogP contribution in [0.25, 0.3) is 0 Å². The fraction of sp³-hybridized carbons (Fsp3) is 0.429. The maximum absolute atomic E-state index is 2.42. The van der Waals surface area contributed by atoms with Crippen molar-refractivity contribution in [2.24, 2.45) is 0 Å². The first-order valence-electron chi connectivity index (χ1n) is 5.85. The summed E-state index contributed by atoms with van der Waals surface area (Å²) >= 11 is -1.44. The van der Waals surface area contributed by atoms with Crippen molar-refractivity contribution < 1.29 is 0 Å². The van der Waals surface area contributed by atoms with E-state index in [4.69, 9.17) is 0 Å². The average Bonchev–Trinajstić information content (AvgIpc) is 2.77. The summed E-state index contributed by atoms with van der Waals surface area (Å²) in [6.45, 7) is 7.22. The second kappa shape index (κ2) is 3.87. The van der Waals surface area contributed by atoms with Gasteiger partial charge in [0.1, 0.15) is 0 Å². The van der Waals surface area contributed by atoms with Crippen molar-refractivity contribution in [3.8, 4) is 0 Å². The molecular weight excluding hydrogens is 238 g/mol. The minimum absolute atomic E-state index is 0.412. The Kier molecular flexibility index (Phi) is 2.87. The van der Waals surface area contributed by atoms with Crippen LogP contribution in [0.2, 0.25) is 12.9 Å². The van der Waals surface area contributed by atoms with Gasteiger partial charge in [0.25, 0.3) is 0 Å². The molecule has 15 heavy (non-hydrogen) atoms. The van der Waals surface area contributed by atoms with Crippen molar-refractivity contribution in [2.45, 2.75) is 33.7 Å². The third kappa shape index (κ3) is 1.83. The van der Waals surface area contributed by atoms with Crippen LogP contribution >= 0.6 is 0 Å². The van der Waals surface area contributed by atoms with E-state index in [0.29, 0.717) is 7.94 Å². The molecule has 0 nitrogen and oxygen atoms in total. The van der Waals surface area contributed by atoms with Crippen molar-refractivity contribution in [2.75, 3.05) is 0 Å². The summed E-state index contributed by atoms with van der Waals surface area (Å²) in [5, 5.41) is 0. The normalized spacial score (nSPS) is 23.9. The van der Waals surface area contributed by atoms with Crippen LogP contribution in [0.4, 0.5) is 0 Å². The summed E-state index contributed by atoms with van der Waals surface area (Å²) in [6.07, 6.45) is 18.6. The van der Waals surface area contributed by atoms with Gasteiger partial charge in [0, 0.05) is 0 Å². The molecule has 0 bridgehead atoms. The minimum atomic E-state index is -1.44. The molecule has 0 aliphatic heterocycles. The molecule has 0 saturated carbocycles. The molecule has 0 aromatic carbocycles. The van der Waals surface area contributed by atoms with Gasteiger partial charge in [-0.05, 0) is 0 Å². The number of rotatable bonds is 3. The molecule has 0 heterocycles. The molecule has 0 saturated heterocycles. The van der Waals surface area contributed by atoms with Crippen LogP contribution in [0, 0.1) is 0 Å². The molecule has 0 fully saturated rings. The fourth-order valence-corrected chi connectivity index (χ4v) is 12.6. The molecule has 0 spiro atoms. The molecule has 0 aromatic heterocycles. The topological polar surface area (TPSA) is 0 Å². The van der Waals surface area contributed by atoms with Gasteiger partial charge < -0.3 is 0 Å². The predicted octanol–water partition coefficient (Wildman–Crippen LogP) is 4.27. The molecule has 0 N–H and O–H groups in total. The van der Waals surface area contributed by atoms with Gasteiger partial charge in [0.2, 0.25) is 0 Å². The summed E-state index contributed by atoms with van der Waals surface area (Å²) in [6, 6.07) is 0. The molecule has 2 aliphatic rings. The third-order valence-corrected chi connectivity index (χ3v) is 13.6. The zero-order valence-electron chi connectivity index (χ0n) is 9.90. The zero-order chi connectivity index (χ0) is 10.9.